The van der Waals surface area contributed by atoms with Gasteiger partial charge in [0.2, 0.25) is 0 Å². The Hall–Kier alpha value is -1.11. The van der Waals surface area contributed by atoms with Crippen molar-refractivity contribution < 1.29 is 18.9 Å². The molecule has 18 heavy (non-hydrogen) atoms. The van der Waals surface area contributed by atoms with Gasteiger partial charge in [0.1, 0.15) is 5.54 Å². The van der Waals surface area contributed by atoms with Crippen LogP contribution < -0.4 is 10.6 Å². The van der Waals surface area contributed by atoms with Crippen molar-refractivity contribution in [2.45, 2.75) is 43.7 Å². The molecule has 2 amide bonds. The van der Waals surface area contributed by atoms with Crippen LogP contribution in [-0.2, 0) is 15.6 Å². The number of carboxylic acid groups (broad SMARTS) is 1. The maximum Gasteiger partial charge on any atom is 0.329 e. The lowest BCUT2D eigenvalue weighted by molar-refractivity contribution is -0.148. The van der Waals surface area contributed by atoms with Crippen LogP contribution in [0.2, 0.25) is 0 Å². The van der Waals surface area contributed by atoms with E-state index in [4.69, 9.17) is 5.11 Å². The minimum Gasteiger partial charge on any atom is -0.480 e. The number of aliphatic carboxylic acids is 1. The molecule has 0 radical (unpaired) electrons. The third kappa shape index (κ3) is 2.82. The maximum atomic E-state index is 11.7. The van der Waals surface area contributed by atoms with Crippen molar-refractivity contribution in [3.63, 3.8) is 0 Å². The van der Waals surface area contributed by atoms with Crippen molar-refractivity contribution in [2.24, 2.45) is 0 Å². The molecule has 2 rings (SSSR count). The molecule has 1 aliphatic heterocycles. The van der Waals surface area contributed by atoms with Gasteiger partial charge in [-0.25, -0.2) is 9.59 Å². The fourth-order valence-electron chi connectivity index (χ4n) is 2.30. The van der Waals surface area contributed by atoms with Crippen LogP contribution in [0, 0.1) is 0 Å². The fourth-order valence-corrected chi connectivity index (χ4v) is 3.60. The second kappa shape index (κ2) is 5.26. The summed E-state index contributed by atoms with van der Waals surface area (Å²) < 4.78 is 11.2. The average Bonchev–Trinajstić information content (AvgIpc) is 2.26. The van der Waals surface area contributed by atoms with E-state index in [1.807, 2.05) is 0 Å². The average molecular weight is 274 g/mol. The van der Waals surface area contributed by atoms with Gasteiger partial charge >= 0.3 is 12.0 Å². The molecule has 3 N–H and O–H groups in total. The lowest BCUT2D eigenvalue weighted by Gasteiger charge is -2.38. The quantitative estimate of drug-likeness (QED) is 0.685. The number of carbonyl (C=O) groups is 2. The van der Waals surface area contributed by atoms with E-state index in [2.05, 4.69) is 10.6 Å². The summed E-state index contributed by atoms with van der Waals surface area (Å²) in [5.41, 5.74) is -1.07. The largest absolute Gasteiger partial charge is 0.480 e. The lowest BCUT2D eigenvalue weighted by atomic mass is 9.77. The molecule has 102 valence electrons. The highest BCUT2D eigenvalue weighted by Gasteiger charge is 2.45. The van der Waals surface area contributed by atoms with Crippen LogP contribution >= 0.6 is 0 Å². The standard InChI is InChI=1S/C11H18N2O4S/c14-9(15)11(4-1-5-11)13-10(16)12-8-2-6-18(17)7-3-8/h8H,1-7H2,(H,14,15)(H2,12,13,16). The number of hydrogen-bond donors (Lipinski definition) is 3. The predicted octanol–water partition coefficient (Wildman–Crippen LogP) is 0.204. The number of nitrogens with one attached hydrogen (secondary N) is 2. The van der Waals surface area contributed by atoms with Gasteiger partial charge in [0.25, 0.3) is 0 Å². The van der Waals surface area contributed by atoms with Gasteiger partial charge in [-0.3, -0.25) is 4.21 Å². The van der Waals surface area contributed by atoms with Crippen LogP contribution in [0.15, 0.2) is 0 Å². The van der Waals surface area contributed by atoms with Crippen LogP contribution in [0.5, 0.6) is 0 Å². The molecule has 2 fully saturated rings. The third-order valence-corrected chi connectivity index (χ3v) is 5.07. The highest BCUT2D eigenvalue weighted by molar-refractivity contribution is 7.85. The highest BCUT2D eigenvalue weighted by Crippen LogP contribution is 2.31. The van der Waals surface area contributed by atoms with Crippen molar-refractivity contribution in [3.05, 3.63) is 0 Å². The fraction of sp³-hybridized carbons (Fsp3) is 0.818. The summed E-state index contributed by atoms with van der Waals surface area (Å²) in [6.07, 6.45) is 3.20. The molecule has 1 saturated carbocycles. The van der Waals surface area contributed by atoms with E-state index in [-0.39, 0.29) is 6.04 Å². The van der Waals surface area contributed by atoms with Gasteiger partial charge in [0, 0.05) is 28.3 Å². The highest BCUT2D eigenvalue weighted by atomic mass is 32.2. The lowest BCUT2D eigenvalue weighted by Crippen LogP contribution is -2.62. The van der Waals surface area contributed by atoms with E-state index < -0.39 is 28.3 Å². The number of hydrogen-bond acceptors (Lipinski definition) is 3. The van der Waals surface area contributed by atoms with Gasteiger partial charge in [-0.1, -0.05) is 0 Å². The topological polar surface area (TPSA) is 95.5 Å². The number of amides is 2. The van der Waals surface area contributed by atoms with E-state index in [1.54, 1.807) is 0 Å². The smallest absolute Gasteiger partial charge is 0.329 e. The first-order chi connectivity index (χ1) is 8.52. The van der Waals surface area contributed by atoms with Crippen LogP contribution in [0.3, 0.4) is 0 Å². The third-order valence-electron chi connectivity index (χ3n) is 3.69. The van der Waals surface area contributed by atoms with Crippen LogP contribution in [0.1, 0.15) is 32.1 Å². The Kier molecular flexibility index (Phi) is 3.89. The second-order valence-electron chi connectivity index (χ2n) is 4.96. The van der Waals surface area contributed by atoms with E-state index in [1.165, 1.54) is 0 Å². The van der Waals surface area contributed by atoms with Gasteiger partial charge in [0.15, 0.2) is 0 Å². The van der Waals surface area contributed by atoms with Gasteiger partial charge in [0.05, 0.1) is 0 Å². The molecular weight excluding hydrogens is 256 g/mol. The molecule has 1 saturated heterocycles. The predicted molar refractivity (Wildman–Crippen MR) is 66.8 cm³/mol. The van der Waals surface area contributed by atoms with E-state index in [9.17, 15) is 13.8 Å². The second-order valence-corrected chi connectivity index (χ2v) is 6.66. The molecule has 1 aliphatic carbocycles. The Morgan fingerprint density at radius 1 is 1.22 bits per heavy atom. The molecule has 1 heterocycles. The molecule has 0 aromatic rings. The first kappa shape index (κ1) is 13.3. The monoisotopic (exact) mass is 274 g/mol. The van der Waals surface area contributed by atoms with Crippen molar-refractivity contribution in [1.82, 2.24) is 10.6 Å². The molecule has 7 heteroatoms. The first-order valence-electron chi connectivity index (χ1n) is 6.19. The Labute approximate surface area is 108 Å². The Morgan fingerprint density at radius 3 is 2.28 bits per heavy atom. The van der Waals surface area contributed by atoms with Gasteiger partial charge < -0.3 is 15.7 Å². The normalized spacial score (nSPS) is 30.0. The summed E-state index contributed by atoms with van der Waals surface area (Å²) in [5.74, 6) is 0.248. The van der Waals surface area contributed by atoms with Crippen LogP contribution in [-0.4, -0.2) is 44.4 Å². The van der Waals surface area contributed by atoms with Crippen molar-refractivity contribution in [1.29, 1.82) is 0 Å². The minimum absolute atomic E-state index is 0.00798. The number of carbonyl (C=O) groups excluding carboxylic acids is 1. The Morgan fingerprint density at radius 2 is 1.83 bits per heavy atom. The zero-order valence-corrected chi connectivity index (χ0v) is 10.9. The molecule has 0 aromatic carbocycles. The van der Waals surface area contributed by atoms with Crippen molar-refractivity contribution >= 4 is 22.8 Å². The molecule has 0 spiro atoms. The van der Waals surface area contributed by atoms with Crippen molar-refractivity contribution in [3.8, 4) is 0 Å². The van der Waals surface area contributed by atoms with Gasteiger partial charge in [-0.15, -0.1) is 0 Å². The molecular formula is C11H18N2O4S. The summed E-state index contributed by atoms with van der Waals surface area (Å²) >= 11 is 0. The number of carboxylic acids is 1. The van der Waals surface area contributed by atoms with E-state index in [0.29, 0.717) is 37.2 Å². The van der Waals surface area contributed by atoms with E-state index in [0.717, 1.165) is 6.42 Å². The summed E-state index contributed by atoms with van der Waals surface area (Å²) in [6, 6.07) is -0.414. The molecule has 0 atom stereocenters. The summed E-state index contributed by atoms with van der Waals surface area (Å²) in [7, 11) is -0.758. The number of urea groups is 1. The Bertz CT molecular complexity index is 371. The summed E-state index contributed by atoms with van der Waals surface area (Å²) in [6.45, 7) is 0. The summed E-state index contributed by atoms with van der Waals surface area (Å²) in [5, 5.41) is 14.4. The molecule has 6 nitrogen and oxygen atoms in total. The van der Waals surface area contributed by atoms with Gasteiger partial charge in [-0.2, -0.15) is 0 Å². The maximum absolute atomic E-state index is 11.7. The molecule has 0 aromatic heterocycles. The zero-order valence-electron chi connectivity index (χ0n) is 10.1. The van der Waals surface area contributed by atoms with Crippen molar-refractivity contribution in [2.75, 3.05) is 11.5 Å². The molecule has 0 unspecified atom stereocenters. The van der Waals surface area contributed by atoms with Crippen LogP contribution in [0.4, 0.5) is 4.79 Å². The van der Waals surface area contributed by atoms with Gasteiger partial charge in [-0.05, 0) is 32.1 Å². The molecule has 0 bridgehead atoms. The van der Waals surface area contributed by atoms with E-state index >= 15 is 0 Å². The zero-order chi connectivity index (χ0) is 13.2. The molecule has 2 aliphatic rings. The SMILES string of the molecule is O=C(NC1CCS(=O)CC1)NC1(C(=O)O)CCC1. The minimum atomic E-state index is -1.07. The number of rotatable bonds is 3. The van der Waals surface area contributed by atoms with Crippen LogP contribution in [0.25, 0.3) is 0 Å². The summed E-state index contributed by atoms with van der Waals surface area (Å²) in [4.78, 5) is 22.8. The Balaban J connectivity index is 1.81. The first-order valence-corrected chi connectivity index (χ1v) is 7.68.